The van der Waals surface area contributed by atoms with E-state index >= 15 is 0 Å². The zero-order valence-corrected chi connectivity index (χ0v) is 11.4. The van der Waals surface area contributed by atoms with Crippen LogP contribution in [0.1, 0.15) is 17.9 Å². The van der Waals surface area contributed by atoms with Gasteiger partial charge in [0.2, 0.25) is 0 Å². The van der Waals surface area contributed by atoms with E-state index in [1.807, 2.05) is 12.1 Å². The Morgan fingerprint density at radius 2 is 1.95 bits per heavy atom. The Morgan fingerprint density at radius 3 is 2.63 bits per heavy atom. The maximum Gasteiger partial charge on any atom is 0.130 e. The Kier molecular flexibility index (Phi) is 3.30. The van der Waals surface area contributed by atoms with Gasteiger partial charge in [0.15, 0.2) is 0 Å². The van der Waals surface area contributed by atoms with Crippen LogP contribution in [0.25, 0.3) is 10.8 Å². The molecule has 1 N–H and O–H groups in total. The van der Waals surface area contributed by atoms with Crippen LogP contribution in [-0.4, -0.2) is 27.3 Å². The number of rotatable bonds is 3. The Bertz CT molecular complexity index is 589. The molecule has 1 heterocycles. The molecule has 0 radical (unpaired) electrons. The van der Waals surface area contributed by atoms with Gasteiger partial charge in [-0.2, -0.15) is 0 Å². The lowest BCUT2D eigenvalue weighted by molar-refractivity contribution is 0.409. The number of hydrogen-bond acceptors (Lipinski definition) is 3. The van der Waals surface area contributed by atoms with E-state index in [9.17, 15) is 0 Å². The van der Waals surface area contributed by atoms with Gasteiger partial charge in [-0.15, -0.1) is 0 Å². The molecule has 1 aliphatic rings. The highest BCUT2D eigenvalue weighted by Crippen LogP contribution is 2.39. The molecule has 0 saturated carbocycles. The van der Waals surface area contributed by atoms with Gasteiger partial charge in [-0.3, -0.25) is 0 Å². The first-order valence-corrected chi connectivity index (χ1v) is 6.69. The number of methoxy groups -OCH3 is 2. The third-order valence-electron chi connectivity index (χ3n) is 3.93. The summed E-state index contributed by atoms with van der Waals surface area (Å²) < 4.78 is 11.1. The molecule has 0 bridgehead atoms. The normalized spacial score (nSPS) is 18.7. The summed E-state index contributed by atoms with van der Waals surface area (Å²) >= 11 is 0. The lowest BCUT2D eigenvalue weighted by Crippen LogP contribution is -2.08. The first kappa shape index (κ1) is 12.3. The predicted molar refractivity (Wildman–Crippen MR) is 77.3 cm³/mol. The fourth-order valence-corrected chi connectivity index (χ4v) is 2.97. The minimum Gasteiger partial charge on any atom is -0.496 e. The van der Waals surface area contributed by atoms with Crippen molar-refractivity contribution in [1.82, 2.24) is 5.32 Å². The van der Waals surface area contributed by atoms with Gasteiger partial charge in [-0.05, 0) is 24.6 Å². The van der Waals surface area contributed by atoms with E-state index in [0.29, 0.717) is 5.92 Å². The van der Waals surface area contributed by atoms with Gasteiger partial charge < -0.3 is 14.8 Å². The molecule has 1 atom stereocenters. The van der Waals surface area contributed by atoms with Gasteiger partial charge in [0, 0.05) is 23.2 Å². The maximum atomic E-state index is 5.69. The largest absolute Gasteiger partial charge is 0.496 e. The molecule has 2 aromatic rings. The van der Waals surface area contributed by atoms with Crippen molar-refractivity contribution in [2.45, 2.75) is 12.3 Å². The lowest BCUT2D eigenvalue weighted by atomic mass is 9.94. The first-order chi connectivity index (χ1) is 9.35. The van der Waals surface area contributed by atoms with Crippen molar-refractivity contribution < 1.29 is 9.47 Å². The SMILES string of the molecule is COc1cccc2c(OC)c(C3CCNC3)ccc12. The fourth-order valence-electron chi connectivity index (χ4n) is 2.97. The molecule has 0 aliphatic carbocycles. The average Bonchev–Trinajstić information content (AvgIpc) is 2.99. The van der Waals surface area contributed by atoms with Crippen molar-refractivity contribution in [2.75, 3.05) is 27.3 Å². The summed E-state index contributed by atoms with van der Waals surface area (Å²) in [6, 6.07) is 10.4. The molecule has 3 nitrogen and oxygen atoms in total. The molecule has 100 valence electrons. The molecule has 0 amide bonds. The van der Waals surface area contributed by atoms with Crippen LogP contribution in [0.5, 0.6) is 11.5 Å². The minimum atomic E-state index is 0.547. The van der Waals surface area contributed by atoms with Gasteiger partial charge >= 0.3 is 0 Å². The van der Waals surface area contributed by atoms with Crippen LogP contribution < -0.4 is 14.8 Å². The standard InChI is InChI=1S/C16H19NO2/c1-18-15-5-3-4-14-13(15)7-6-12(16(14)19-2)11-8-9-17-10-11/h3-7,11,17H,8-10H2,1-2H3. The minimum absolute atomic E-state index is 0.547. The summed E-state index contributed by atoms with van der Waals surface area (Å²) in [4.78, 5) is 0. The van der Waals surface area contributed by atoms with Crippen LogP contribution in [0, 0.1) is 0 Å². The van der Waals surface area contributed by atoms with Gasteiger partial charge in [0.1, 0.15) is 11.5 Å². The molecule has 0 spiro atoms. The summed E-state index contributed by atoms with van der Waals surface area (Å²) in [7, 11) is 3.45. The van der Waals surface area contributed by atoms with Crippen molar-refractivity contribution in [1.29, 1.82) is 0 Å². The number of ether oxygens (including phenoxy) is 2. The molecule has 3 heteroatoms. The van der Waals surface area contributed by atoms with Gasteiger partial charge in [-0.1, -0.05) is 24.3 Å². The second-order valence-corrected chi connectivity index (χ2v) is 4.93. The van der Waals surface area contributed by atoms with Crippen molar-refractivity contribution in [2.24, 2.45) is 0 Å². The third kappa shape index (κ3) is 2.04. The van der Waals surface area contributed by atoms with Gasteiger partial charge in [0.05, 0.1) is 14.2 Å². The highest BCUT2D eigenvalue weighted by Gasteiger charge is 2.22. The third-order valence-corrected chi connectivity index (χ3v) is 3.93. The monoisotopic (exact) mass is 257 g/mol. The van der Waals surface area contributed by atoms with Crippen LogP contribution in [-0.2, 0) is 0 Å². The van der Waals surface area contributed by atoms with E-state index in [2.05, 4.69) is 23.5 Å². The summed E-state index contributed by atoms with van der Waals surface area (Å²) in [6.07, 6.45) is 1.17. The van der Waals surface area contributed by atoms with Crippen molar-refractivity contribution >= 4 is 10.8 Å². The molecule has 1 saturated heterocycles. The van der Waals surface area contributed by atoms with Crippen molar-refractivity contribution in [3.8, 4) is 11.5 Å². The Labute approximate surface area is 113 Å². The molecule has 1 aliphatic heterocycles. The molecule has 19 heavy (non-hydrogen) atoms. The Hall–Kier alpha value is -1.74. The molecule has 2 aromatic carbocycles. The highest BCUT2D eigenvalue weighted by atomic mass is 16.5. The van der Waals surface area contributed by atoms with Crippen LogP contribution >= 0.6 is 0 Å². The molecule has 0 aromatic heterocycles. The van der Waals surface area contributed by atoms with E-state index in [4.69, 9.17) is 9.47 Å². The smallest absolute Gasteiger partial charge is 0.130 e. The van der Waals surface area contributed by atoms with Crippen LogP contribution in [0.15, 0.2) is 30.3 Å². The Balaban J connectivity index is 2.19. The van der Waals surface area contributed by atoms with Crippen molar-refractivity contribution in [3.63, 3.8) is 0 Å². The second-order valence-electron chi connectivity index (χ2n) is 4.93. The second kappa shape index (κ2) is 5.10. The summed E-state index contributed by atoms with van der Waals surface area (Å²) in [5, 5.41) is 5.65. The predicted octanol–water partition coefficient (Wildman–Crippen LogP) is 2.93. The molecular formula is C16H19NO2. The topological polar surface area (TPSA) is 30.5 Å². The highest BCUT2D eigenvalue weighted by molar-refractivity contribution is 5.94. The lowest BCUT2D eigenvalue weighted by Gasteiger charge is -2.17. The van der Waals surface area contributed by atoms with Crippen molar-refractivity contribution in [3.05, 3.63) is 35.9 Å². The fraction of sp³-hybridized carbons (Fsp3) is 0.375. The number of benzene rings is 2. The number of nitrogens with one attached hydrogen (secondary N) is 1. The summed E-state index contributed by atoms with van der Waals surface area (Å²) in [5.41, 5.74) is 1.30. The average molecular weight is 257 g/mol. The van der Waals surface area contributed by atoms with Crippen LogP contribution in [0.3, 0.4) is 0 Å². The number of fused-ring (bicyclic) bond motifs is 1. The van der Waals surface area contributed by atoms with E-state index < -0.39 is 0 Å². The van der Waals surface area contributed by atoms with Gasteiger partial charge in [-0.25, -0.2) is 0 Å². The van der Waals surface area contributed by atoms with Crippen LogP contribution in [0.2, 0.25) is 0 Å². The van der Waals surface area contributed by atoms with Crippen LogP contribution in [0.4, 0.5) is 0 Å². The first-order valence-electron chi connectivity index (χ1n) is 6.69. The zero-order valence-electron chi connectivity index (χ0n) is 11.4. The maximum absolute atomic E-state index is 5.69. The van der Waals surface area contributed by atoms with E-state index in [1.54, 1.807) is 14.2 Å². The quantitative estimate of drug-likeness (QED) is 0.917. The van der Waals surface area contributed by atoms with Gasteiger partial charge in [0.25, 0.3) is 0 Å². The van der Waals surface area contributed by atoms with E-state index in [-0.39, 0.29) is 0 Å². The summed E-state index contributed by atoms with van der Waals surface area (Å²) in [5.74, 6) is 2.43. The molecule has 3 rings (SSSR count). The Morgan fingerprint density at radius 1 is 1.05 bits per heavy atom. The van der Waals surface area contributed by atoms with E-state index in [0.717, 1.165) is 35.4 Å². The molecule has 1 fully saturated rings. The van der Waals surface area contributed by atoms with E-state index in [1.165, 1.54) is 12.0 Å². The number of hydrogen-bond donors (Lipinski definition) is 1. The molecular weight excluding hydrogens is 238 g/mol. The summed E-state index contributed by atoms with van der Waals surface area (Å²) in [6.45, 7) is 2.12. The molecule has 1 unspecified atom stereocenters. The zero-order chi connectivity index (χ0) is 13.2.